The number of halogens is 1. The van der Waals surface area contributed by atoms with E-state index < -0.39 is 22.1 Å². The van der Waals surface area contributed by atoms with Gasteiger partial charge < -0.3 is 20.5 Å². The van der Waals surface area contributed by atoms with Crippen LogP contribution in [0.5, 0.6) is 0 Å². The molecule has 1 fully saturated rings. The quantitative estimate of drug-likeness (QED) is 0.451. The molecule has 0 bridgehead atoms. The molecule has 9 nitrogen and oxygen atoms in total. The van der Waals surface area contributed by atoms with Gasteiger partial charge in [-0.2, -0.15) is 0 Å². The van der Waals surface area contributed by atoms with Gasteiger partial charge in [0.2, 0.25) is 5.91 Å². The Kier molecular flexibility index (Phi) is 5.98. The van der Waals surface area contributed by atoms with Gasteiger partial charge in [-0.05, 0) is 30.7 Å². The molecule has 1 saturated heterocycles. The highest BCUT2D eigenvalue weighted by Gasteiger charge is 2.31. The van der Waals surface area contributed by atoms with Gasteiger partial charge in [-0.3, -0.25) is 9.52 Å². The van der Waals surface area contributed by atoms with Crippen LogP contribution in [0.25, 0.3) is 10.9 Å². The molecule has 1 aromatic heterocycles. The van der Waals surface area contributed by atoms with E-state index in [0.717, 1.165) is 0 Å². The van der Waals surface area contributed by atoms with Crippen molar-refractivity contribution in [1.29, 1.82) is 0 Å². The van der Waals surface area contributed by atoms with Crippen LogP contribution in [0.2, 0.25) is 5.02 Å². The maximum absolute atomic E-state index is 13.0. The second-order valence-electron chi connectivity index (χ2n) is 7.34. The maximum Gasteiger partial charge on any atom is 0.322 e. The van der Waals surface area contributed by atoms with Gasteiger partial charge in [-0.25, -0.2) is 13.2 Å². The summed E-state index contributed by atoms with van der Waals surface area (Å²) in [6.45, 7) is 2.57. The highest BCUT2D eigenvalue weighted by atomic mass is 35.5. The van der Waals surface area contributed by atoms with Crippen molar-refractivity contribution >= 4 is 55.8 Å². The molecule has 1 unspecified atom stereocenters. The Labute approximate surface area is 190 Å². The monoisotopic (exact) mass is 475 g/mol. The molecule has 2 heterocycles. The number of fused-ring (bicyclic) bond motifs is 1. The highest BCUT2D eigenvalue weighted by molar-refractivity contribution is 7.92. The minimum Gasteiger partial charge on any atom is -0.358 e. The number of aromatic amines is 1. The Bertz CT molecular complexity index is 1290. The number of para-hydroxylation sites is 1. The Balaban J connectivity index is 1.55. The van der Waals surface area contributed by atoms with Crippen LogP contribution in [0.4, 0.5) is 16.2 Å². The smallest absolute Gasteiger partial charge is 0.322 e. The standard InChI is InChI=1S/C21H22ClN5O4S/c1-2-18-20(28)23-9-10-27(18)21(29)25-13-5-3-6-14(11-13)32(30,31)26-17-8-4-7-15-16(22)12-24-19(15)17/h3-8,11-12,18,24,26H,2,9-10H2,1H3,(H,23,28)(H,25,29). The van der Waals surface area contributed by atoms with Crippen LogP contribution in [0.3, 0.4) is 0 Å². The van der Waals surface area contributed by atoms with Crippen LogP contribution in [-0.2, 0) is 14.8 Å². The van der Waals surface area contributed by atoms with Crippen LogP contribution < -0.4 is 15.4 Å². The average Bonchev–Trinajstić information content (AvgIpc) is 3.15. The molecule has 3 amide bonds. The molecule has 3 aromatic rings. The van der Waals surface area contributed by atoms with E-state index in [1.54, 1.807) is 30.5 Å². The molecule has 4 N–H and O–H groups in total. The number of amides is 3. The van der Waals surface area contributed by atoms with Crippen molar-refractivity contribution in [1.82, 2.24) is 15.2 Å². The number of carbonyl (C=O) groups excluding carboxylic acids is 2. The largest absolute Gasteiger partial charge is 0.358 e. The molecule has 0 aliphatic carbocycles. The number of anilines is 2. The summed E-state index contributed by atoms with van der Waals surface area (Å²) in [7, 11) is -3.94. The molecule has 0 radical (unpaired) electrons. The first kappa shape index (κ1) is 22.0. The van der Waals surface area contributed by atoms with Crippen LogP contribution in [-0.4, -0.2) is 49.4 Å². The predicted molar refractivity (Wildman–Crippen MR) is 123 cm³/mol. The number of sulfonamides is 1. The van der Waals surface area contributed by atoms with Gasteiger partial charge >= 0.3 is 6.03 Å². The molecule has 4 rings (SSSR count). The van der Waals surface area contributed by atoms with Crippen LogP contribution in [0.15, 0.2) is 53.6 Å². The Hall–Kier alpha value is -3.24. The number of hydrogen-bond acceptors (Lipinski definition) is 4. The third-order valence-electron chi connectivity index (χ3n) is 5.28. The van der Waals surface area contributed by atoms with Crippen molar-refractivity contribution in [2.45, 2.75) is 24.3 Å². The minimum absolute atomic E-state index is 0.0200. The van der Waals surface area contributed by atoms with Gasteiger partial charge in [0, 0.05) is 30.4 Å². The zero-order valence-corrected chi connectivity index (χ0v) is 18.8. The van der Waals surface area contributed by atoms with E-state index >= 15 is 0 Å². The van der Waals surface area contributed by atoms with Crippen molar-refractivity contribution in [3.63, 3.8) is 0 Å². The molecule has 0 spiro atoms. The van der Waals surface area contributed by atoms with E-state index in [1.807, 2.05) is 6.92 Å². The third kappa shape index (κ3) is 4.23. The number of hydrogen-bond donors (Lipinski definition) is 4. The number of urea groups is 1. The van der Waals surface area contributed by atoms with E-state index in [1.165, 1.54) is 23.1 Å². The summed E-state index contributed by atoms with van der Waals surface area (Å²) in [6.07, 6.45) is 2.07. The molecular weight excluding hydrogens is 454 g/mol. The van der Waals surface area contributed by atoms with E-state index in [4.69, 9.17) is 11.6 Å². The van der Waals surface area contributed by atoms with Crippen molar-refractivity contribution < 1.29 is 18.0 Å². The summed E-state index contributed by atoms with van der Waals surface area (Å²) in [6, 6.07) is 10.0. The van der Waals surface area contributed by atoms with E-state index in [9.17, 15) is 18.0 Å². The molecule has 168 valence electrons. The average molecular weight is 476 g/mol. The Morgan fingerprint density at radius 3 is 2.81 bits per heavy atom. The first-order chi connectivity index (χ1) is 15.3. The van der Waals surface area contributed by atoms with Gasteiger partial charge in [0.15, 0.2) is 0 Å². The fourth-order valence-electron chi connectivity index (χ4n) is 3.71. The van der Waals surface area contributed by atoms with Gasteiger partial charge in [-0.15, -0.1) is 0 Å². The first-order valence-corrected chi connectivity index (χ1v) is 11.9. The number of nitrogens with one attached hydrogen (secondary N) is 4. The number of nitrogens with zero attached hydrogens (tertiary/aromatic N) is 1. The summed E-state index contributed by atoms with van der Waals surface area (Å²) in [5.74, 6) is -0.201. The molecule has 1 aliphatic rings. The normalized spacial score (nSPS) is 16.6. The molecule has 1 aliphatic heterocycles. The Morgan fingerprint density at radius 2 is 2.03 bits per heavy atom. The van der Waals surface area contributed by atoms with Crippen molar-refractivity contribution in [3.05, 3.63) is 53.7 Å². The fraction of sp³-hybridized carbons (Fsp3) is 0.238. The van der Waals surface area contributed by atoms with E-state index in [0.29, 0.717) is 46.8 Å². The minimum atomic E-state index is -3.94. The number of benzene rings is 2. The second kappa shape index (κ2) is 8.71. The lowest BCUT2D eigenvalue weighted by atomic mass is 10.1. The zero-order chi connectivity index (χ0) is 22.9. The van der Waals surface area contributed by atoms with E-state index in [-0.39, 0.29) is 10.8 Å². The lowest BCUT2D eigenvalue weighted by molar-refractivity contribution is -0.127. The summed E-state index contributed by atoms with van der Waals surface area (Å²) in [5.41, 5.74) is 1.23. The van der Waals surface area contributed by atoms with Gasteiger partial charge in [-0.1, -0.05) is 36.7 Å². The highest BCUT2D eigenvalue weighted by Crippen LogP contribution is 2.30. The Morgan fingerprint density at radius 1 is 1.25 bits per heavy atom. The third-order valence-corrected chi connectivity index (χ3v) is 6.96. The molecular formula is C21H22ClN5O4S. The summed E-state index contributed by atoms with van der Waals surface area (Å²) < 4.78 is 28.6. The topological polar surface area (TPSA) is 123 Å². The van der Waals surface area contributed by atoms with Gasteiger partial charge in [0.05, 0.1) is 21.1 Å². The summed E-state index contributed by atoms with van der Waals surface area (Å²) in [5, 5.41) is 6.62. The molecule has 11 heteroatoms. The molecule has 1 atom stereocenters. The maximum atomic E-state index is 13.0. The number of carbonyl (C=O) groups is 2. The SMILES string of the molecule is CCC1C(=O)NCCN1C(=O)Nc1cccc(S(=O)(=O)Nc2cccc3c(Cl)c[nH]c23)c1. The van der Waals surface area contributed by atoms with Crippen molar-refractivity contribution in [2.75, 3.05) is 23.1 Å². The number of piperazine rings is 1. The molecule has 32 heavy (non-hydrogen) atoms. The van der Waals surface area contributed by atoms with Crippen molar-refractivity contribution in [3.8, 4) is 0 Å². The molecule has 0 saturated carbocycles. The van der Waals surface area contributed by atoms with Crippen LogP contribution in [0.1, 0.15) is 13.3 Å². The lowest BCUT2D eigenvalue weighted by Gasteiger charge is -2.34. The summed E-state index contributed by atoms with van der Waals surface area (Å²) >= 11 is 6.12. The van der Waals surface area contributed by atoms with Crippen LogP contribution in [0, 0.1) is 0 Å². The zero-order valence-electron chi connectivity index (χ0n) is 17.2. The first-order valence-electron chi connectivity index (χ1n) is 10.0. The number of H-pyrrole nitrogens is 1. The summed E-state index contributed by atoms with van der Waals surface area (Å²) in [4.78, 5) is 29.1. The number of rotatable bonds is 5. The number of aromatic nitrogens is 1. The lowest BCUT2D eigenvalue weighted by Crippen LogP contribution is -2.57. The predicted octanol–water partition coefficient (Wildman–Crippen LogP) is 3.36. The fourth-order valence-corrected chi connectivity index (χ4v) is 5.04. The van der Waals surface area contributed by atoms with E-state index in [2.05, 4.69) is 20.3 Å². The van der Waals surface area contributed by atoms with Crippen molar-refractivity contribution in [2.24, 2.45) is 0 Å². The molecule has 2 aromatic carbocycles. The second-order valence-corrected chi connectivity index (χ2v) is 9.43. The van der Waals surface area contributed by atoms with Crippen LogP contribution >= 0.6 is 11.6 Å². The van der Waals surface area contributed by atoms with Gasteiger partial charge in [0.1, 0.15) is 6.04 Å². The van der Waals surface area contributed by atoms with Gasteiger partial charge in [0.25, 0.3) is 10.0 Å².